The van der Waals surface area contributed by atoms with Gasteiger partial charge in [0.25, 0.3) is 5.91 Å². The van der Waals surface area contributed by atoms with Crippen LogP contribution in [0.4, 0.5) is 17.3 Å². The number of carbonyl (C=O) groups is 1. The number of hydrogen-bond donors (Lipinski definition) is 4. The Kier molecular flexibility index (Phi) is 5.67. The van der Waals surface area contributed by atoms with Crippen LogP contribution in [0.3, 0.4) is 0 Å². The van der Waals surface area contributed by atoms with Crippen LogP contribution in [0.2, 0.25) is 10.0 Å². The van der Waals surface area contributed by atoms with Crippen molar-refractivity contribution in [1.82, 2.24) is 15.4 Å². The van der Waals surface area contributed by atoms with Crippen LogP contribution in [0.1, 0.15) is 0 Å². The minimum atomic E-state index is -0.444. The van der Waals surface area contributed by atoms with Crippen molar-refractivity contribution in [2.24, 2.45) is 0 Å². The van der Waals surface area contributed by atoms with Crippen molar-refractivity contribution in [3.8, 4) is 5.75 Å². The SMILES string of the molecule is CNc1ncnc(NNC(=O)COc2ccc(Cl)cc2Cl)c1N. The summed E-state index contributed by atoms with van der Waals surface area (Å²) in [6.45, 7) is -0.252. The fraction of sp³-hybridized carbons (Fsp3) is 0.154. The number of carbonyl (C=O) groups excluding carboxylic acids is 1. The molecule has 0 aliphatic rings. The van der Waals surface area contributed by atoms with E-state index in [1.54, 1.807) is 19.2 Å². The van der Waals surface area contributed by atoms with Crippen molar-refractivity contribution in [2.45, 2.75) is 0 Å². The lowest BCUT2D eigenvalue weighted by atomic mass is 10.3. The number of hydrogen-bond acceptors (Lipinski definition) is 7. The maximum Gasteiger partial charge on any atom is 0.276 e. The molecular formula is C13H14Cl2N6O2. The minimum Gasteiger partial charge on any atom is -0.482 e. The van der Waals surface area contributed by atoms with E-state index < -0.39 is 5.91 Å². The maximum absolute atomic E-state index is 11.8. The molecule has 10 heteroatoms. The van der Waals surface area contributed by atoms with E-state index in [0.717, 1.165) is 0 Å². The van der Waals surface area contributed by atoms with Crippen LogP contribution < -0.4 is 26.6 Å². The van der Waals surface area contributed by atoms with Crippen molar-refractivity contribution in [1.29, 1.82) is 0 Å². The highest BCUT2D eigenvalue weighted by molar-refractivity contribution is 6.35. The molecule has 1 aromatic heterocycles. The van der Waals surface area contributed by atoms with Gasteiger partial charge in [-0.2, -0.15) is 0 Å². The molecule has 0 bridgehead atoms. The summed E-state index contributed by atoms with van der Waals surface area (Å²) in [5.41, 5.74) is 11.1. The number of nitrogens with one attached hydrogen (secondary N) is 3. The Bertz CT molecular complexity index is 713. The van der Waals surface area contributed by atoms with Gasteiger partial charge in [-0.15, -0.1) is 0 Å². The van der Waals surface area contributed by atoms with E-state index in [4.69, 9.17) is 33.7 Å². The highest BCUT2D eigenvalue weighted by Crippen LogP contribution is 2.27. The first kappa shape index (κ1) is 16.9. The van der Waals surface area contributed by atoms with E-state index in [1.165, 1.54) is 12.4 Å². The molecule has 2 aromatic rings. The van der Waals surface area contributed by atoms with Crippen molar-refractivity contribution in [2.75, 3.05) is 30.1 Å². The molecule has 1 heterocycles. The molecule has 1 amide bonds. The standard InChI is InChI=1S/C13H14Cl2N6O2/c1-17-12-11(16)13(19-6-18-12)21-20-10(22)5-23-9-3-2-7(14)4-8(9)15/h2-4,6H,5,16H2,1H3,(H,20,22)(H2,17,18,19,21). The number of hydrazine groups is 1. The summed E-state index contributed by atoms with van der Waals surface area (Å²) in [4.78, 5) is 19.6. The molecule has 0 saturated carbocycles. The van der Waals surface area contributed by atoms with Crippen LogP contribution in [0, 0.1) is 0 Å². The van der Waals surface area contributed by atoms with Gasteiger partial charge in [-0.1, -0.05) is 23.2 Å². The molecule has 8 nitrogen and oxygen atoms in total. The molecule has 0 spiro atoms. The highest BCUT2D eigenvalue weighted by atomic mass is 35.5. The van der Waals surface area contributed by atoms with E-state index in [-0.39, 0.29) is 18.1 Å². The molecule has 0 aliphatic carbocycles. The highest BCUT2D eigenvalue weighted by Gasteiger charge is 2.09. The fourth-order valence-corrected chi connectivity index (χ4v) is 2.06. The van der Waals surface area contributed by atoms with E-state index >= 15 is 0 Å². The minimum absolute atomic E-state index is 0.252. The predicted molar refractivity (Wildman–Crippen MR) is 89.7 cm³/mol. The topological polar surface area (TPSA) is 114 Å². The molecule has 0 unspecified atom stereocenters. The first-order chi connectivity index (χ1) is 11.0. The first-order valence-corrected chi connectivity index (χ1v) is 7.17. The number of nitrogens with zero attached hydrogens (tertiary/aromatic N) is 2. The van der Waals surface area contributed by atoms with Gasteiger partial charge >= 0.3 is 0 Å². The second kappa shape index (κ2) is 7.70. The lowest BCUT2D eigenvalue weighted by Crippen LogP contribution is -2.34. The molecule has 122 valence electrons. The molecule has 5 N–H and O–H groups in total. The molecule has 0 radical (unpaired) electrons. The molecule has 23 heavy (non-hydrogen) atoms. The van der Waals surface area contributed by atoms with Gasteiger partial charge in [0.15, 0.2) is 18.2 Å². The van der Waals surface area contributed by atoms with Crippen LogP contribution >= 0.6 is 23.2 Å². The molecular weight excluding hydrogens is 343 g/mol. The molecule has 0 aliphatic heterocycles. The number of nitrogen functional groups attached to an aromatic ring is 1. The van der Waals surface area contributed by atoms with Crippen molar-refractivity contribution < 1.29 is 9.53 Å². The van der Waals surface area contributed by atoms with Gasteiger partial charge in [-0.25, -0.2) is 9.97 Å². The van der Waals surface area contributed by atoms with Crippen LogP contribution in [0.5, 0.6) is 5.75 Å². The van der Waals surface area contributed by atoms with Crippen LogP contribution in [0.25, 0.3) is 0 Å². The normalized spacial score (nSPS) is 10.0. The Balaban J connectivity index is 1.88. The third-order valence-electron chi connectivity index (χ3n) is 2.69. The third kappa shape index (κ3) is 4.51. The summed E-state index contributed by atoms with van der Waals surface area (Å²) in [6.07, 6.45) is 1.31. The summed E-state index contributed by atoms with van der Waals surface area (Å²) >= 11 is 11.7. The quantitative estimate of drug-likeness (QED) is 0.584. The number of amides is 1. The first-order valence-electron chi connectivity index (χ1n) is 6.42. The zero-order valence-corrected chi connectivity index (χ0v) is 13.6. The Morgan fingerprint density at radius 3 is 2.74 bits per heavy atom. The summed E-state index contributed by atoms with van der Waals surface area (Å²) in [5, 5.41) is 3.60. The molecule has 0 atom stereocenters. The van der Waals surface area contributed by atoms with E-state index in [2.05, 4.69) is 26.1 Å². The summed E-state index contributed by atoms with van der Waals surface area (Å²) in [7, 11) is 1.67. The summed E-state index contributed by atoms with van der Waals surface area (Å²) in [6, 6.07) is 4.71. The lowest BCUT2D eigenvalue weighted by molar-refractivity contribution is -0.122. The van der Waals surface area contributed by atoms with Gasteiger partial charge < -0.3 is 15.8 Å². The number of aromatic nitrogens is 2. The van der Waals surface area contributed by atoms with Gasteiger partial charge in [0.05, 0.1) is 5.02 Å². The number of rotatable bonds is 6. The average Bonchev–Trinajstić information content (AvgIpc) is 2.53. The van der Waals surface area contributed by atoms with Crippen LogP contribution in [-0.2, 0) is 4.79 Å². The Morgan fingerprint density at radius 2 is 2.04 bits per heavy atom. The van der Waals surface area contributed by atoms with E-state index in [9.17, 15) is 4.79 Å². The van der Waals surface area contributed by atoms with Gasteiger partial charge in [0.1, 0.15) is 17.8 Å². The average molecular weight is 357 g/mol. The van der Waals surface area contributed by atoms with Crippen LogP contribution in [-0.4, -0.2) is 29.5 Å². The van der Waals surface area contributed by atoms with E-state index in [1.807, 2.05) is 0 Å². The Hall–Kier alpha value is -2.45. The maximum atomic E-state index is 11.8. The van der Waals surface area contributed by atoms with Crippen molar-refractivity contribution in [3.63, 3.8) is 0 Å². The van der Waals surface area contributed by atoms with E-state index in [0.29, 0.717) is 21.6 Å². The zero-order valence-electron chi connectivity index (χ0n) is 12.1. The molecule has 1 aromatic carbocycles. The Morgan fingerprint density at radius 1 is 1.30 bits per heavy atom. The second-order valence-electron chi connectivity index (χ2n) is 4.27. The number of ether oxygens (including phenoxy) is 1. The van der Waals surface area contributed by atoms with Crippen LogP contribution in [0.15, 0.2) is 24.5 Å². The zero-order chi connectivity index (χ0) is 16.8. The monoisotopic (exact) mass is 356 g/mol. The number of nitrogens with two attached hydrogens (primary N) is 1. The van der Waals surface area contributed by atoms with Gasteiger partial charge in [0, 0.05) is 12.1 Å². The molecule has 0 saturated heterocycles. The largest absolute Gasteiger partial charge is 0.482 e. The van der Waals surface area contributed by atoms with Crippen molar-refractivity contribution in [3.05, 3.63) is 34.6 Å². The van der Waals surface area contributed by atoms with Gasteiger partial charge in [0.2, 0.25) is 0 Å². The van der Waals surface area contributed by atoms with Gasteiger partial charge in [-0.3, -0.25) is 15.6 Å². The lowest BCUT2D eigenvalue weighted by Gasteiger charge is -2.12. The number of halogens is 2. The molecule has 0 fully saturated rings. The van der Waals surface area contributed by atoms with Crippen molar-refractivity contribution >= 4 is 46.4 Å². The third-order valence-corrected chi connectivity index (χ3v) is 3.22. The number of benzene rings is 1. The fourth-order valence-electron chi connectivity index (χ4n) is 1.59. The second-order valence-corrected chi connectivity index (χ2v) is 5.11. The van der Waals surface area contributed by atoms with Gasteiger partial charge in [-0.05, 0) is 18.2 Å². The molecule has 2 rings (SSSR count). The summed E-state index contributed by atoms with van der Waals surface area (Å²) in [5.74, 6) is 0.619. The smallest absolute Gasteiger partial charge is 0.276 e. The summed E-state index contributed by atoms with van der Waals surface area (Å²) < 4.78 is 5.30. The number of anilines is 3. The predicted octanol–water partition coefficient (Wildman–Crippen LogP) is 1.93. The Labute approximate surface area is 142 Å².